The third-order valence-corrected chi connectivity index (χ3v) is 3.97. The van der Waals surface area contributed by atoms with Gasteiger partial charge < -0.3 is 9.17 Å². The lowest BCUT2D eigenvalue weighted by molar-refractivity contribution is 0.493. The predicted molar refractivity (Wildman–Crippen MR) is 80.3 cm³/mol. The SMILES string of the molecule is CS(=O)(=O)NCCc1c[nH]c2ccc(OS(C)(=O)=O)cc12. The quantitative estimate of drug-likeness (QED) is 0.754. The molecule has 1 aromatic heterocycles. The van der Waals surface area contributed by atoms with E-state index in [2.05, 4.69) is 9.71 Å². The van der Waals surface area contributed by atoms with Gasteiger partial charge in [-0.2, -0.15) is 8.42 Å². The minimum absolute atomic E-state index is 0.224. The van der Waals surface area contributed by atoms with Crippen molar-refractivity contribution < 1.29 is 21.0 Å². The first kappa shape index (κ1) is 15.8. The van der Waals surface area contributed by atoms with Crippen molar-refractivity contribution in [3.05, 3.63) is 30.0 Å². The first-order valence-corrected chi connectivity index (χ1v) is 9.79. The molecule has 0 aliphatic carbocycles. The molecular weight excluding hydrogens is 316 g/mol. The van der Waals surface area contributed by atoms with Gasteiger partial charge in [-0.25, -0.2) is 13.1 Å². The summed E-state index contributed by atoms with van der Waals surface area (Å²) in [4.78, 5) is 3.04. The number of aromatic nitrogens is 1. The molecule has 0 atom stereocenters. The Morgan fingerprint density at radius 1 is 1.19 bits per heavy atom. The predicted octanol–water partition coefficient (Wildman–Crippen LogP) is 0.598. The van der Waals surface area contributed by atoms with Crippen LogP contribution in [-0.2, 0) is 26.6 Å². The van der Waals surface area contributed by atoms with E-state index in [9.17, 15) is 16.8 Å². The van der Waals surface area contributed by atoms with E-state index in [1.54, 1.807) is 24.4 Å². The highest BCUT2D eigenvalue weighted by molar-refractivity contribution is 7.88. The molecule has 0 spiro atoms. The fourth-order valence-corrected chi connectivity index (χ4v) is 2.89. The van der Waals surface area contributed by atoms with Crippen LogP contribution in [0.15, 0.2) is 24.4 Å². The van der Waals surface area contributed by atoms with Gasteiger partial charge in [0.2, 0.25) is 10.0 Å². The summed E-state index contributed by atoms with van der Waals surface area (Å²) in [5, 5.41) is 0.798. The number of hydrogen-bond donors (Lipinski definition) is 2. The smallest absolute Gasteiger partial charge is 0.306 e. The normalized spacial score (nSPS) is 12.7. The van der Waals surface area contributed by atoms with Crippen LogP contribution in [0.4, 0.5) is 0 Å². The van der Waals surface area contributed by atoms with Crippen molar-refractivity contribution >= 4 is 31.0 Å². The lowest BCUT2D eigenvalue weighted by atomic mass is 10.1. The van der Waals surface area contributed by atoms with E-state index in [1.807, 2.05) is 0 Å². The van der Waals surface area contributed by atoms with E-state index in [4.69, 9.17) is 4.18 Å². The number of H-pyrrole nitrogens is 1. The number of rotatable bonds is 6. The third-order valence-electron chi connectivity index (χ3n) is 2.75. The number of fused-ring (bicyclic) bond motifs is 1. The Hall–Kier alpha value is -1.58. The zero-order valence-electron chi connectivity index (χ0n) is 11.6. The molecule has 2 N–H and O–H groups in total. The van der Waals surface area contributed by atoms with Gasteiger partial charge in [0.05, 0.1) is 12.5 Å². The summed E-state index contributed by atoms with van der Waals surface area (Å²) < 4.78 is 51.6. The average Bonchev–Trinajstić information content (AvgIpc) is 2.68. The Labute approximate surface area is 123 Å². The molecule has 0 bridgehead atoms. The molecule has 0 radical (unpaired) electrons. The second-order valence-corrected chi connectivity index (χ2v) is 8.13. The van der Waals surface area contributed by atoms with Crippen molar-refractivity contribution in [1.29, 1.82) is 0 Å². The molecule has 2 rings (SSSR count). The van der Waals surface area contributed by atoms with Crippen LogP contribution in [0, 0.1) is 0 Å². The van der Waals surface area contributed by atoms with E-state index in [0.717, 1.165) is 29.0 Å². The minimum atomic E-state index is -3.58. The topological polar surface area (TPSA) is 105 Å². The van der Waals surface area contributed by atoms with Gasteiger partial charge in [0.25, 0.3) is 0 Å². The van der Waals surface area contributed by atoms with Gasteiger partial charge in [0.15, 0.2) is 0 Å². The monoisotopic (exact) mass is 332 g/mol. The van der Waals surface area contributed by atoms with Crippen molar-refractivity contribution in [1.82, 2.24) is 9.71 Å². The van der Waals surface area contributed by atoms with Crippen LogP contribution in [0.3, 0.4) is 0 Å². The van der Waals surface area contributed by atoms with E-state index >= 15 is 0 Å². The molecule has 1 heterocycles. The number of benzene rings is 1. The van der Waals surface area contributed by atoms with Crippen LogP contribution in [0.2, 0.25) is 0 Å². The third kappa shape index (κ3) is 4.73. The van der Waals surface area contributed by atoms with Crippen LogP contribution >= 0.6 is 0 Å². The van der Waals surface area contributed by atoms with E-state index in [0.29, 0.717) is 6.42 Å². The summed E-state index contributed by atoms with van der Waals surface area (Å²) in [6.45, 7) is 0.267. The number of hydrogen-bond acceptors (Lipinski definition) is 5. The lowest BCUT2D eigenvalue weighted by Gasteiger charge is -2.04. The second kappa shape index (κ2) is 5.66. The first-order valence-electron chi connectivity index (χ1n) is 6.08. The Morgan fingerprint density at radius 2 is 1.90 bits per heavy atom. The summed E-state index contributed by atoms with van der Waals surface area (Å²) in [6, 6.07) is 4.88. The molecule has 0 aliphatic rings. The summed E-state index contributed by atoms with van der Waals surface area (Å²) >= 11 is 0. The second-order valence-electron chi connectivity index (χ2n) is 4.73. The van der Waals surface area contributed by atoms with Crippen molar-refractivity contribution in [3.63, 3.8) is 0 Å². The zero-order valence-corrected chi connectivity index (χ0v) is 13.2. The summed E-state index contributed by atoms with van der Waals surface area (Å²) in [5.41, 5.74) is 1.70. The van der Waals surface area contributed by atoms with Crippen LogP contribution in [0.25, 0.3) is 10.9 Å². The molecule has 0 aliphatic heterocycles. The molecule has 21 heavy (non-hydrogen) atoms. The molecule has 0 fully saturated rings. The molecule has 0 saturated heterocycles. The molecule has 9 heteroatoms. The summed E-state index contributed by atoms with van der Waals surface area (Å²) in [6.07, 6.45) is 4.32. The van der Waals surface area contributed by atoms with Crippen LogP contribution < -0.4 is 8.91 Å². The van der Waals surface area contributed by atoms with Gasteiger partial charge in [0.1, 0.15) is 5.75 Å². The highest BCUT2D eigenvalue weighted by Crippen LogP contribution is 2.24. The van der Waals surface area contributed by atoms with Gasteiger partial charge in [-0.3, -0.25) is 0 Å². The van der Waals surface area contributed by atoms with Gasteiger partial charge in [-0.05, 0) is 30.2 Å². The van der Waals surface area contributed by atoms with E-state index in [1.165, 1.54) is 0 Å². The molecule has 0 unspecified atom stereocenters. The zero-order chi connectivity index (χ0) is 15.7. The Kier molecular flexibility index (Phi) is 4.26. The molecular formula is C12H16N2O5S2. The van der Waals surface area contributed by atoms with Crippen molar-refractivity contribution in [2.75, 3.05) is 19.1 Å². The van der Waals surface area contributed by atoms with Crippen LogP contribution in [0.1, 0.15) is 5.56 Å². The van der Waals surface area contributed by atoms with E-state index in [-0.39, 0.29) is 12.3 Å². The van der Waals surface area contributed by atoms with Gasteiger partial charge >= 0.3 is 10.1 Å². The molecule has 0 saturated carbocycles. The maximum absolute atomic E-state index is 11.1. The lowest BCUT2D eigenvalue weighted by Crippen LogP contribution is -2.24. The Balaban J connectivity index is 2.23. The number of nitrogens with one attached hydrogen (secondary N) is 2. The largest absolute Gasteiger partial charge is 0.383 e. The summed E-state index contributed by atoms with van der Waals surface area (Å²) in [5.74, 6) is 0.224. The minimum Gasteiger partial charge on any atom is -0.383 e. The number of aromatic amines is 1. The molecule has 7 nitrogen and oxygen atoms in total. The molecule has 1 aromatic carbocycles. The fourth-order valence-electron chi connectivity index (χ4n) is 1.96. The Bertz CT molecular complexity index is 853. The molecule has 2 aromatic rings. The highest BCUT2D eigenvalue weighted by atomic mass is 32.2. The molecule has 116 valence electrons. The Morgan fingerprint density at radius 3 is 2.52 bits per heavy atom. The van der Waals surface area contributed by atoms with Gasteiger partial charge in [-0.1, -0.05) is 0 Å². The maximum Gasteiger partial charge on any atom is 0.306 e. The van der Waals surface area contributed by atoms with Crippen molar-refractivity contribution in [2.24, 2.45) is 0 Å². The average molecular weight is 332 g/mol. The standard InChI is InChI=1S/C12H16N2O5S2/c1-20(15,16)14-6-5-9-8-13-12-4-3-10(7-11(9)12)19-21(2,17)18/h3-4,7-8,13-14H,5-6H2,1-2H3. The maximum atomic E-state index is 11.1. The molecule has 0 amide bonds. The highest BCUT2D eigenvalue weighted by Gasteiger charge is 2.09. The van der Waals surface area contributed by atoms with Gasteiger partial charge in [-0.15, -0.1) is 0 Å². The fraction of sp³-hybridized carbons (Fsp3) is 0.333. The van der Waals surface area contributed by atoms with Gasteiger partial charge in [0, 0.05) is 23.6 Å². The van der Waals surface area contributed by atoms with E-state index < -0.39 is 20.1 Å². The van der Waals surface area contributed by atoms with Crippen molar-refractivity contribution in [3.8, 4) is 5.75 Å². The summed E-state index contributed by atoms with van der Waals surface area (Å²) in [7, 11) is -6.81. The number of sulfonamides is 1. The van der Waals surface area contributed by atoms with Crippen LogP contribution in [-0.4, -0.2) is 40.9 Å². The first-order chi connectivity index (χ1) is 9.64. The van der Waals surface area contributed by atoms with Crippen LogP contribution in [0.5, 0.6) is 5.75 Å². The van der Waals surface area contributed by atoms with Crippen molar-refractivity contribution in [2.45, 2.75) is 6.42 Å².